The van der Waals surface area contributed by atoms with Crippen LogP contribution in [0.15, 0.2) is 42.9 Å². The fourth-order valence-corrected chi connectivity index (χ4v) is 4.92. The predicted octanol–water partition coefficient (Wildman–Crippen LogP) is 2.04. The van der Waals surface area contributed by atoms with Gasteiger partial charge in [0.25, 0.3) is 5.91 Å². The maximum Gasteiger partial charge on any atom is 0.252 e. The lowest BCUT2D eigenvalue weighted by Gasteiger charge is -2.40. The first-order valence-electron chi connectivity index (χ1n) is 12.8. The first-order valence-corrected chi connectivity index (χ1v) is 12.8. The Kier molecular flexibility index (Phi) is 7.54. The quantitative estimate of drug-likeness (QED) is 0.351. The molecular weight excluding hydrogens is 489 g/mol. The number of anilines is 2. The number of rotatable bonds is 8. The number of carbonyl (C=O) groups is 1. The summed E-state index contributed by atoms with van der Waals surface area (Å²) in [4.78, 5) is 24.6. The van der Waals surface area contributed by atoms with E-state index in [0.717, 1.165) is 35.4 Å². The van der Waals surface area contributed by atoms with Gasteiger partial charge in [0.05, 0.1) is 18.6 Å². The van der Waals surface area contributed by atoms with Gasteiger partial charge in [0, 0.05) is 51.8 Å². The maximum absolute atomic E-state index is 13.2. The van der Waals surface area contributed by atoms with Crippen LogP contribution in [0, 0.1) is 12.7 Å². The Balaban J connectivity index is 1.17. The number of hydrazine groups is 1. The summed E-state index contributed by atoms with van der Waals surface area (Å²) in [6, 6.07) is 8.08. The zero-order chi connectivity index (χ0) is 26.7. The van der Waals surface area contributed by atoms with Gasteiger partial charge in [0.15, 0.2) is 11.6 Å². The number of aryl methyl sites for hydroxylation is 1. The Morgan fingerprint density at radius 1 is 1.21 bits per heavy atom. The van der Waals surface area contributed by atoms with Crippen LogP contribution in [-0.2, 0) is 16.1 Å². The second-order valence-corrected chi connectivity index (χ2v) is 10.0. The van der Waals surface area contributed by atoms with Gasteiger partial charge < -0.3 is 20.3 Å². The maximum atomic E-state index is 13.2. The normalized spacial score (nSPS) is 20.9. The first kappa shape index (κ1) is 26.0. The molecular formula is C26H34FN9O2. The highest BCUT2D eigenvalue weighted by Crippen LogP contribution is 2.30. The smallest absolute Gasteiger partial charge is 0.252 e. The van der Waals surface area contributed by atoms with E-state index in [-0.39, 0.29) is 12.1 Å². The molecule has 0 bridgehead atoms. The van der Waals surface area contributed by atoms with Gasteiger partial charge in [0.1, 0.15) is 17.2 Å². The SMILES string of the molecule is COC1(C(=O)NCc2ccc(-n3cc(F)cn3)nc2)CCN(c2cc(C)cc(NC3CC(C)NN3)n2)CC1. The van der Waals surface area contributed by atoms with E-state index in [1.54, 1.807) is 19.4 Å². The number of nitrogens with zero attached hydrogens (tertiary/aromatic N) is 5. The van der Waals surface area contributed by atoms with Crippen molar-refractivity contribution in [3.63, 3.8) is 0 Å². The highest BCUT2D eigenvalue weighted by atomic mass is 19.1. The largest absolute Gasteiger partial charge is 0.368 e. The number of amides is 1. The van der Waals surface area contributed by atoms with Crippen LogP contribution in [-0.4, -0.2) is 63.7 Å². The molecule has 5 rings (SSSR count). The number of aromatic nitrogens is 4. The topological polar surface area (TPSA) is 121 Å². The molecule has 3 aromatic rings. The Hall–Kier alpha value is -3.61. The van der Waals surface area contributed by atoms with Crippen molar-refractivity contribution in [2.75, 3.05) is 30.4 Å². The monoisotopic (exact) mass is 523 g/mol. The Morgan fingerprint density at radius 2 is 2.03 bits per heavy atom. The van der Waals surface area contributed by atoms with E-state index in [0.29, 0.717) is 44.3 Å². The fraction of sp³-hybridized carbons (Fsp3) is 0.462. The summed E-state index contributed by atoms with van der Waals surface area (Å²) in [5, 5.41) is 10.4. The number of nitrogens with one attached hydrogen (secondary N) is 4. The molecule has 0 aliphatic carbocycles. The number of hydrogen-bond donors (Lipinski definition) is 4. The second kappa shape index (κ2) is 11.0. The average Bonchev–Trinajstić information content (AvgIpc) is 3.54. The van der Waals surface area contributed by atoms with Crippen molar-refractivity contribution >= 4 is 17.5 Å². The van der Waals surface area contributed by atoms with Gasteiger partial charge in [-0.3, -0.25) is 10.2 Å². The first-order chi connectivity index (χ1) is 18.3. The van der Waals surface area contributed by atoms with Gasteiger partial charge in [-0.15, -0.1) is 0 Å². The molecule has 2 fully saturated rings. The summed E-state index contributed by atoms with van der Waals surface area (Å²) in [5.74, 6) is 1.64. The molecule has 0 aromatic carbocycles. The lowest BCUT2D eigenvalue weighted by molar-refractivity contribution is -0.146. The molecule has 2 atom stereocenters. The molecule has 1 amide bonds. The van der Waals surface area contributed by atoms with Gasteiger partial charge >= 0.3 is 0 Å². The zero-order valence-corrected chi connectivity index (χ0v) is 21.9. The number of ether oxygens (including phenoxy) is 1. The molecule has 0 saturated carbocycles. The van der Waals surface area contributed by atoms with Crippen LogP contribution >= 0.6 is 0 Å². The zero-order valence-electron chi connectivity index (χ0n) is 21.9. The molecule has 2 aliphatic rings. The fourth-order valence-electron chi connectivity index (χ4n) is 4.92. The van der Waals surface area contributed by atoms with E-state index in [9.17, 15) is 9.18 Å². The minimum absolute atomic E-state index is 0.123. The molecule has 2 saturated heterocycles. The van der Waals surface area contributed by atoms with E-state index >= 15 is 0 Å². The summed E-state index contributed by atoms with van der Waals surface area (Å²) in [5.41, 5.74) is 7.50. The van der Waals surface area contributed by atoms with Crippen LogP contribution < -0.4 is 26.4 Å². The molecule has 0 spiro atoms. The lowest BCUT2D eigenvalue weighted by Crippen LogP contribution is -2.55. The highest BCUT2D eigenvalue weighted by molar-refractivity contribution is 5.85. The van der Waals surface area contributed by atoms with Crippen LogP contribution in [0.2, 0.25) is 0 Å². The van der Waals surface area contributed by atoms with Crippen molar-refractivity contribution in [3.8, 4) is 5.82 Å². The number of halogens is 1. The number of piperidine rings is 1. The third-order valence-electron chi connectivity index (χ3n) is 7.12. The third kappa shape index (κ3) is 5.77. The molecule has 12 heteroatoms. The van der Waals surface area contributed by atoms with Crippen molar-refractivity contribution < 1.29 is 13.9 Å². The van der Waals surface area contributed by atoms with E-state index in [1.165, 1.54) is 10.9 Å². The Labute approximate surface area is 221 Å². The third-order valence-corrected chi connectivity index (χ3v) is 7.12. The summed E-state index contributed by atoms with van der Waals surface area (Å²) in [6.07, 6.45) is 6.20. The molecule has 202 valence electrons. The van der Waals surface area contributed by atoms with Gasteiger partial charge in [-0.1, -0.05) is 6.07 Å². The van der Waals surface area contributed by atoms with E-state index in [1.807, 2.05) is 12.1 Å². The molecule has 5 heterocycles. The van der Waals surface area contributed by atoms with Crippen molar-refractivity contribution in [1.82, 2.24) is 35.9 Å². The van der Waals surface area contributed by atoms with Crippen molar-refractivity contribution in [1.29, 1.82) is 0 Å². The van der Waals surface area contributed by atoms with Crippen LogP contribution in [0.5, 0.6) is 0 Å². The van der Waals surface area contributed by atoms with Crippen LogP contribution in [0.3, 0.4) is 0 Å². The molecule has 2 unspecified atom stereocenters. The van der Waals surface area contributed by atoms with Gasteiger partial charge in [-0.05, 0) is 49.6 Å². The minimum Gasteiger partial charge on any atom is -0.368 e. The molecule has 11 nitrogen and oxygen atoms in total. The molecule has 4 N–H and O–H groups in total. The van der Waals surface area contributed by atoms with Crippen LogP contribution in [0.1, 0.15) is 37.3 Å². The molecule has 3 aromatic heterocycles. The van der Waals surface area contributed by atoms with Crippen molar-refractivity contribution in [2.24, 2.45) is 0 Å². The summed E-state index contributed by atoms with van der Waals surface area (Å²) < 4.78 is 20.4. The van der Waals surface area contributed by atoms with Gasteiger partial charge in [0.2, 0.25) is 0 Å². The average molecular weight is 524 g/mol. The number of carbonyl (C=O) groups excluding carboxylic acids is 1. The number of pyridine rings is 2. The van der Waals surface area contributed by atoms with E-state index < -0.39 is 11.4 Å². The van der Waals surface area contributed by atoms with Crippen LogP contribution in [0.25, 0.3) is 5.82 Å². The van der Waals surface area contributed by atoms with Gasteiger partial charge in [-0.2, -0.15) is 5.10 Å². The lowest BCUT2D eigenvalue weighted by atomic mass is 9.90. The van der Waals surface area contributed by atoms with E-state index in [2.05, 4.69) is 56.4 Å². The number of hydrogen-bond acceptors (Lipinski definition) is 9. The second-order valence-electron chi connectivity index (χ2n) is 10.0. The van der Waals surface area contributed by atoms with E-state index in [4.69, 9.17) is 9.72 Å². The summed E-state index contributed by atoms with van der Waals surface area (Å²) in [6.45, 7) is 5.80. The molecule has 2 aliphatic heterocycles. The van der Waals surface area contributed by atoms with Gasteiger partial charge in [-0.25, -0.2) is 24.5 Å². The minimum atomic E-state index is -0.906. The molecule has 0 radical (unpaired) electrons. The Bertz CT molecular complexity index is 1260. The molecule has 38 heavy (non-hydrogen) atoms. The summed E-state index contributed by atoms with van der Waals surface area (Å²) in [7, 11) is 1.59. The number of methoxy groups -OCH3 is 1. The Morgan fingerprint density at radius 3 is 2.66 bits per heavy atom. The van der Waals surface area contributed by atoms with Crippen molar-refractivity contribution in [3.05, 3.63) is 59.8 Å². The highest BCUT2D eigenvalue weighted by Gasteiger charge is 2.42. The predicted molar refractivity (Wildman–Crippen MR) is 141 cm³/mol. The van der Waals surface area contributed by atoms with Crippen molar-refractivity contribution in [2.45, 2.75) is 57.5 Å². The van der Waals surface area contributed by atoms with Crippen LogP contribution in [0.4, 0.5) is 16.0 Å². The summed E-state index contributed by atoms with van der Waals surface area (Å²) >= 11 is 0. The standard InChI is InChI=1S/C26H34FN9O2/c1-17-10-21(31-22-12-18(2)33-34-22)32-24(11-17)35-8-6-26(38-3,7-9-35)25(37)29-14-19-4-5-23(28-13-19)36-16-20(27)15-30-36/h4-5,10-11,13,15-16,18,22,33-34H,6-9,12,14H2,1-3H3,(H,29,37)(H,31,32).